The van der Waals surface area contributed by atoms with Crippen molar-refractivity contribution in [2.75, 3.05) is 0 Å². The summed E-state index contributed by atoms with van der Waals surface area (Å²) in [5, 5.41) is 2.90. The monoisotopic (exact) mass is 349 g/mol. The van der Waals surface area contributed by atoms with Gasteiger partial charge in [0, 0.05) is 18.7 Å². The molecule has 3 aromatic rings. The number of para-hydroxylation sites is 2. The van der Waals surface area contributed by atoms with E-state index in [0.29, 0.717) is 19.4 Å². The lowest BCUT2D eigenvalue weighted by atomic mass is 10.1. The third-order valence-electron chi connectivity index (χ3n) is 4.50. The Hall–Kier alpha value is -3.19. The molecule has 4 rings (SSSR count). The fraction of sp³-hybridized carbons (Fsp3) is 0.211. The number of rotatable bonds is 4. The van der Waals surface area contributed by atoms with Crippen molar-refractivity contribution in [2.24, 2.45) is 0 Å². The molecule has 0 saturated carbocycles. The van der Waals surface area contributed by atoms with E-state index in [0.717, 1.165) is 22.3 Å². The number of carbonyl (C=O) groups excluding carboxylic acids is 2. The first-order valence-corrected chi connectivity index (χ1v) is 8.54. The van der Waals surface area contributed by atoms with Gasteiger partial charge in [-0.15, -0.1) is 0 Å². The summed E-state index contributed by atoms with van der Waals surface area (Å²) in [5.41, 5.74) is 9.25. The zero-order chi connectivity index (χ0) is 17.9. The van der Waals surface area contributed by atoms with Crippen LogP contribution in [0.3, 0.4) is 0 Å². The molecule has 0 radical (unpaired) electrons. The molecule has 1 atom stereocenters. The van der Waals surface area contributed by atoms with Crippen molar-refractivity contribution < 1.29 is 9.59 Å². The number of amides is 2. The average Bonchev–Trinajstić information content (AvgIpc) is 3.11. The summed E-state index contributed by atoms with van der Waals surface area (Å²) in [4.78, 5) is 27.7. The molecule has 132 valence electrons. The average molecular weight is 349 g/mol. The SMILES string of the molecule is O=C1CCC(C(=O)NCc2ccc(-n3cnc4ccccc43)cc2)NN1. The summed E-state index contributed by atoms with van der Waals surface area (Å²) < 4.78 is 2.03. The molecule has 1 unspecified atom stereocenters. The van der Waals surface area contributed by atoms with Crippen LogP contribution in [0.4, 0.5) is 0 Å². The van der Waals surface area contributed by atoms with Crippen LogP contribution in [-0.2, 0) is 16.1 Å². The lowest BCUT2D eigenvalue weighted by Crippen LogP contribution is -2.55. The summed E-state index contributed by atoms with van der Waals surface area (Å²) >= 11 is 0. The number of hydrogen-bond acceptors (Lipinski definition) is 4. The lowest BCUT2D eigenvalue weighted by molar-refractivity contribution is -0.129. The maximum Gasteiger partial charge on any atom is 0.239 e. The van der Waals surface area contributed by atoms with E-state index in [4.69, 9.17) is 0 Å². The number of nitrogens with one attached hydrogen (secondary N) is 3. The first-order chi connectivity index (χ1) is 12.7. The molecule has 2 heterocycles. The molecule has 0 spiro atoms. The highest BCUT2D eigenvalue weighted by Gasteiger charge is 2.23. The van der Waals surface area contributed by atoms with E-state index in [1.807, 2.05) is 59.4 Å². The second-order valence-corrected chi connectivity index (χ2v) is 6.27. The third-order valence-corrected chi connectivity index (χ3v) is 4.50. The minimum atomic E-state index is -0.385. The minimum Gasteiger partial charge on any atom is -0.351 e. The highest BCUT2D eigenvalue weighted by atomic mass is 16.2. The van der Waals surface area contributed by atoms with Crippen molar-refractivity contribution in [3.05, 3.63) is 60.4 Å². The maximum absolute atomic E-state index is 12.1. The predicted molar refractivity (Wildman–Crippen MR) is 97.2 cm³/mol. The molecule has 7 nitrogen and oxygen atoms in total. The Kier molecular flexibility index (Phi) is 4.37. The molecule has 0 bridgehead atoms. The van der Waals surface area contributed by atoms with Gasteiger partial charge in [0.25, 0.3) is 0 Å². The molecular formula is C19H19N5O2. The predicted octanol–water partition coefficient (Wildman–Crippen LogP) is 1.42. The quantitative estimate of drug-likeness (QED) is 0.665. The van der Waals surface area contributed by atoms with E-state index in [1.165, 1.54) is 0 Å². The summed E-state index contributed by atoms with van der Waals surface area (Å²) in [6, 6.07) is 15.6. The second kappa shape index (κ2) is 6.97. The van der Waals surface area contributed by atoms with Gasteiger partial charge in [0.15, 0.2) is 0 Å². The first-order valence-electron chi connectivity index (χ1n) is 8.54. The van der Waals surface area contributed by atoms with Crippen LogP contribution in [0.2, 0.25) is 0 Å². The van der Waals surface area contributed by atoms with Crippen LogP contribution in [0, 0.1) is 0 Å². The summed E-state index contributed by atoms with van der Waals surface area (Å²) in [7, 11) is 0. The fourth-order valence-corrected chi connectivity index (χ4v) is 3.03. The number of imidazole rings is 1. The molecule has 2 aromatic carbocycles. The Balaban J connectivity index is 1.40. The van der Waals surface area contributed by atoms with E-state index in [9.17, 15) is 9.59 Å². The minimum absolute atomic E-state index is 0.0864. The van der Waals surface area contributed by atoms with Crippen LogP contribution in [0.15, 0.2) is 54.9 Å². The molecule has 0 aliphatic carbocycles. The second-order valence-electron chi connectivity index (χ2n) is 6.27. The van der Waals surface area contributed by atoms with Gasteiger partial charge in [-0.05, 0) is 36.2 Å². The first kappa shape index (κ1) is 16.3. The van der Waals surface area contributed by atoms with Crippen molar-refractivity contribution in [1.29, 1.82) is 0 Å². The number of nitrogens with zero attached hydrogens (tertiary/aromatic N) is 2. The van der Waals surface area contributed by atoms with Gasteiger partial charge in [0.2, 0.25) is 11.8 Å². The standard InChI is InChI=1S/C19H19N5O2/c25-18-10-9-16(22-23-18)19(26)20-11-13-5-7-14(8-6-13)24-12-21-15-3-1-2-4-17(15)24/h1-8,12,16,22H,9-11H2,(H,20,26)(H,23,25). The molecule has 1 aromatic heterocycles. The highest BCUT2D eigenvalue weighted by Crippen LogP contribution is 2.18. The molecule has 3 N–H and O–H groups in total. The maximum atomic E-state index is 12.1. The van der Waals surface area contributed by atoms with E-state index in [1.54, 1.807) is 0 Å². The molecule has 1 fully saturated rings. The Bertz CT molecular complexity index is 938. The van der Waals surface area contributed by atoms with Crippen LogP contribution in [-0.4, -0.2) is 27.4 Å². The molecule has 26 heavy (non-hydrogen) atoms. The van der Waals surface area contributed by atoms with Crippen molar-refractivity contribution >= 4 is 22.8 Å². The number of hydrogen-bond donors (Lipinski definition) is 3. The molecule has 1 aliphatic rings. The van der Waals surface area contributed by atoms with Crippen molar-refractivity contribution in [2.45, 2.75) is 25.4 Å². The van der Waals surface area contributed by atoms with Gasteiger partial charge in [0.1, 0.15) is 12.4 Å². The van der Waals surface area contributed by atoms with Gasteiger partial charge >= 0.3 is 0 Å². The third kappa shape index (κ3) is 3.29. The van der Waals surface area contributed by atoms with E-state index >= 15 is 0 Å². The fourth-order valence-electron chi connectivity index (χ4n) is 3.03. The van der Waals surface area contributed by atoms with Gasteiger partial charge in [0.05, 0.1) is 11.0 Å². The highest BCUT2D eigenvalue weighted by molar-refractivity contribution is 5.85. The molecular weight excluding hydrogens is 330 g/mol. The Morgan fingerprint density at radius 3 is 2.77 bits per heavy atom. The smallest absolute Gasteiger partial charge is 0.239 e. The topological polar surface area (TPSA) is 88.0 Å². The van der Waals surface area contributed by atoms with Crippen LogP contribution in [0.5, 0.6) is 0 Å². The molecule has 1 aliphatic heterocycles. The van der Waals surface area contributed by atoms with Gasteiger partial charge in [-0.25, -0.2) is 10.4 Å². The van der Waals surface area contributed by atoms with Crippen molar-refractivity contribution in [3.8, 4) is 5.69 Å². The van der Waals surface area contributed by atoms with E-state index in [-0.39, 0.29) is 17.9 Å². The number of benzene rings is 2. The molecule has 2 amide bonds. The zero-order valence-electron chi connectivity index (χ0n) is 14.1. The molecule has 1 saturated heterocycles. The number of hydrazine groups is 1. The number of carbonyl (C=O) groups is 2. The van der Waals surface area contributed by atoms with E-state index < -0.39 is 0 Å². The largest absolute Gasteiger partial charge is 0.351 e. The lowest BCUT2D eigenvalue weighted by Gasteiger charge is -2.22. The molecule has 7 heteroatoms. The Morgan fingerprint density at radius 2 is 2.00 bits per heavy atom. The van der Waals surface area contributed by atoms with Crippen LogP contribution in [0.1, 0.15) is 18.4 Å². The van der Waals surface area contributed by atoms with Gasteiger partial charge in [-0.1, -0.05) is 24.3 Å². The van der Waals surface area contributed by atoms with Crippen LogP contribution in [0.25, 0.3) is 16.7 Å². The van der Waals surface area contributed by atoms with Gasteiger partial charge < -0.3 is 5.32 Å². The Labute approximate surface area is 150 Å². The summed E-state index contributed by atoms with van der Waals surface area (Å²) in [6.07, 6.45) is 2.67. The van der Waals surface area contributed by atoms with Gasteiger partial charge in [-0.2, -0.15) is 0 Å². The number of aromatic nitrogens is 2. The summed E-state index contributed by atoms with van der Waals surface area (Å²) in [5.74, 6) is -0.202. The van der Waals surface area contributed by atoms with E-state index in [2.05, 4.69) is 21.2 Å². The van der Waals surface area contributed by atoms with Crippen molar-refractivity contribution in [3.63, 3.8) is 0 Å². The Morgan fingerprint density at radius 1 is 1.19 bits per heavy atom. The zero-order valence-corrected chi connectivity index (χ0v) is 14.1. The van der Waals surface area contributed by atoms with Crippen molar-refractivity contribution in [1.82, 2.24) is 25.7 Å². The normalized spacial score (nSPS) is 17.1. The van der Waals surface area contributed by atoms with Gasteiger partial charge in [-0.3, -0.25) is 19.6 Å². The number of fused-ring (bicyclic) bond motifs is 1. The summed E-state index contributed by atoms with van der Waals surface area (Å²) in [6.45, 7) is 0.440. The van der Waals surface area contributed by atoms with Crippen LogP contribution < -0.4 is 16.2 Å². The van der Waals surface area contributed by atoms with Crippen LogP contribution >= 0.6 is 0 Å².